The van der Waals surface area contributed by atoms with Gasteiger partial charge >= 0.3 is 0 Å². The summed E-state index contributed by atoms with van der Waals surface area (Å²) in [4.78, 5) is 0. The van der Waals surface area contributed by atoms with Crippen LogP contribution in [0.15, 0.2) is 23.3 Å². The molecule has 5 nitrogen and oxygen atoms in total. The van der Waals surface area contributed by atoms with E-state index in [0.717, 1.165) is 0 Å². The molecule has 0 spiro atoms. The fraction of sp³-hybridized carbons (Fsp3) is 0. The number of nitrogens with one attached hydrogen (secondary N) is 2. The number of hydrogen-bond donors (Lipinski definition) is 4. The Bertz CT molecular complexity index is 396. The summed E-state index contributed by atoms with van der Waals surface area (Å²) in [6.45, 7) is 0. The Morgan fingerprint density at radius 3 is 3.00 bits per heavy atom. The lowest BCUT2D eigenvalue weighted by Gasteiger charge is -2.01. The first-order valence-electron chi connectivity index (χ1n) is 3.91. The molecular formula is C8H9ClN4OS. The third-order valence-electron chi connectivity index (χ3n) is 1.49. The molecule has 0 saturated carbocycles. The first-order chi connectivity index (χ1) is 7.13. The highest BCUT2D eigenvalue weighted by Crippen LogP contribution is 2.19. The number of phenols is 1. The smallest absolute Gasteiger partial charge is 0.201 e. The van der Waals surface area contributed by atoms with Crippen molar-refractivity contribution in [3.63, 3.8) is 0 Å². The number of thiocarbonyl (C=S) groups is 1. The van der Waals surface area contributed by atoms with Gasteiger partial charge in [0.1, 0.15) is 5.75 Å². The molecule has 0 radical (unpaired) electrons. The molecule has 0 heterocycles. The number of halogens is 1. The summed E-state index contributed by atoms with van der Waals surface area (Å²) in [6.07, 6.45) is 1.38. The quantitative estimate of drug-likeness (QED) is 0.267. The molecule has 0 aromatic heterocycles. The second-order valence-corrected chi connectivity index (χ2v) is 3.39. The zero-order valence-corrected chi connectivity index (χ0v) is 9.14. The fourth-order valence-corrected chi connectivity index (χ4v) is 1.05. The molecule has 0 unspecified atom stereocenters. The van der Waals surface area contributed by atoms with Crippen LogP contribution in [0.2, 0.25) is 5.02 Å². The Morgan fingerprint density at radius 1 is 1.60 bits per heavy atom. The monoisotopic (exact) mass is 244 g/mol. The lowest BCUT2D eigenvalue weighted by Crippen LogP contribution is -2.37. The number of rotatable bonds is 2. The van der Waals surface area contributed by atoms with Gasteiger partial charge in [-0.1, -0.05) is 11.6 Å². The third kappa shape index (κ3) is 3.70. The number of aromatic hydroxyl groups is 1. The van der Waals surface area contributed by atoms with Gasteiger partial charge in [-0.3, -0.25) is 10.9 Å². The van der Waals surface area contributed by atoms with Crippen LogP contribution in [0.3, 0.4) is 0 Å². The van der Waals surface area contributed by atoms with E-state index < -0.39 is 0 Å². The van der Waals surface area contributed by atoms with E-state index in [0.29, 0.717) is 10.6 Å². The minimum atomic E-state index is 0.0802. The number of hydrazine groups is 1. The number of nitrogens with two attached hydrogens (primary N) is 1. The number of benzene rings is 1. The standard InChI is InChI=1S/C8H9ClN4OS/c9-6-1-2-7(14)5(3-6)4-11-13-8(15)12-10/h1-4,14H,10H2,(H2,12,13,15)/b11-4+. The molecule has 0 aliphatic carbocycles. The largest absolute Gasteiger partial charge is 0.507 e. The van der Waals surface area contributed by atoms with Crippen molar-refractivity contribution in [2.45, 2.75) is 0 Å². The summed E-state index contributed by atoms with van der Waals surface area (Å²) in [5.74, 6) is 5.09. The first kappa shape index (κ1) is 11.7. The molecular weight excluding hydrogens is 236 g/mol. The van der Waals surface area contributed by atoms with E-state index in [-0.39, 0.29) is 10.9 Å². The Balaban J connectivity index is 2.71. The molecule has 0 saturated heterocycles. The second-order valence-electron chi connectivity index (χ2n) is 2.55. The molecule has 0 atom stereocenters. The van der Waals surface area contributed by atoms with Crippen molar-refractivity contribution < 1.29 is 5.11 Å². The zero-order valence-electron chi connectivity index (χ0n) is 7.57. The summed E-state index contributed by atoms with van der Waals surface area (Å²) in [5, 5.41) is 13.8. The van der Waals surface area contributed by atoms with E-state index in [1.807, 2.05) is 0 Å². The molecule has 1 aromatic rings. The third-order valence-corrected chi connectivity index (χ3v) is 1.93. The van der Waals surface area contributed by atoms with Crippen molar-refractivity contribution >= 4 is 35.1 Å². The van der Waals surface area contributed by atoms with Crippen LogP contribution in [0.5, 0.6) is 5.75 Å². The van der Waals surface area contributed by atoms with Crippen molar-refractivity contribution in [3.8, 4) is 5.75 Å². The second kappa shape index (κ2) is 5.50. The summed E-state index contributed by atoms with van der Waals surface area (Å²) >= 11 is 10.4. The molecule has 1 rings (SSSR count). The summed E-state index contributed by atoms with van der Waals surface area (Å²) < 4.78 is 0. The van der Waals surface area contributed by atoms with Crippen LogP contribution in [0.25, 0.3) is 0 Å². The van der Waals surface area contributed by atoms with Gasteiger partial charge < -0.3 is 5.11 Å². The average molecular weight is 245 g/mol. The molecule has 0 aliphatic rings. The van der Waals surface area contributed by atoms with Crippen LogP contribution in [-0.4, -0.2) is 16.4 Å². The maximum absolute atomic E-state index is 9.41. The minimum Gasteiger partial charge on any atom is -0.507 e. The van der Waals surface area contributed by atoms with Gasteiger partial charge in [-0.05, 0) is 30.4 Å². The van der Waals surface area contributed by atoms with Gasteiger partial charge in [-0.15, -0.1) is 0 Å². The van der Waals surface area contributed by atoms with Crippen molar-refractivity contribution in [1.29, 1.82) is 0 Å². The van der Waals surface area contributed by atoms with Gasteiger partial charge in [0.15, 0.2) is 0 Å². The van der Waals surface area contributed by atoms with Crippen LogP contribution >= 0.6 is 23.8 Å². The molecule has 80 valence electrons. The zero-order chi connectivity index (χ0) is 11.3. The molecule has 0 amide bonds. The van der Waals surface area contributed by atoms with E-state index in [4.69, 9.17) is 17.4 Å². The van der Waals surface area contributed by atoms with Crippen LogP contribution in [0, 0.1) is 0 Å². The minimum absolute atomic E-state index is 0.0802. The SMILES string of the molecule is NNC(=S)N/N=C/c1cc(Cl)ccc1O. The van der Waals surface area contributed by atoms with Crippen molar-refractivity contribution in [2.24, 2.45) is 10.9 Å². The van der Waals surface area contributed by atoms with E-state index in [9.17, 15) is 5.11 Å². The summed E-state index contributed by atoms with van der Waals surface area (Å²) in [6, 6.07) is 4.62. The van der Waals surface area contributed by atoms with E-state index in [2.05, 4.69) is 28.2 Å². The Labute approximate surface area is 96.9 Å². The molecule has 7 heteroatoms. The molecule has 15 heavy (non-hydrogen) atoms. The predicted molar refractivity (Wildman–Crippen MR) is 63.8 cm³/mol. The Morgan fingerprint density at radius 2 is 2.33 bits per heavy atom. The number of hydrazone groups is 1. The summed E-state index contributed by atoms with van der Waals surface area (Å²) in [5.41, 5.74) is 5.11. The molecule has 0 fully saturated rings. The lowest BCUT2D eigenvalue weighted by atomic mass is 10.2. The highest BCUT2D eigenvalue weighted by molar-refractivity contribution is 7.80. The number of nitrogens with zero attached hydrogens (tertiary/aromatic N) is 1. The van der Waals surface area contributed by atoms with Crippen LogP contribution in [0.1, 0.15) is 5.56 Å². The summed E-state index contributed by atoms with van der Waals surface area (Å²) in [7, 11) is 0. The normalized spacial score (nSPS) is 10.3. The van der Waals surface area contributed by atoms with Gasteiger partial charge in [-0.25, -0.2) is 5.84 Å². The van der Waals surface area contributed by atoms with Gasteiger partial charge in [0.25, 0.3) is 0 Å². The van der Waals surface area contributed by atoms with Gasteiger partial charge in [0, 0.05) is 10.6 Å². The number of phenolic OH excluding ortho intramolecular Hbond substituents is 1. The predicted octanol–water partition coefficient (Wildman–Crippen LogP) is 0.717. The molecule has 1 aromatic carbocycles. The van der Waals surface area contributed by atoms with Gasteiger partial charge in [0.2, 0.25) is 5.11 Å². The topological polar surface area (TPSA) is 82.7 Å². The molecule has 0 aliphatic heterocycles. The Hall–Kier alpha value is -1.37. The van der Waals surface area contributed by atoms with E-state index in [1.54, 1.807) is 12.1 Å². The van der Waals surface area contributed by atoms with Crippen LogP contribution in [0.4, 0.5) is 0 Å². The van der Waals surface area contributed by atoms with Gasteiger partial charge in [0.05, 0.1) is 6.21 Å². The Kier molecular flexibility index (Phi) is 4.29. The van der Waals surface area contributed by atoms with E-state index in [1.165, 1.54) is 12.3 Å². The highest BCUT2D eigenvalue weighted by Gasteiger charge is 1.98. The van der Waals surface area contributed by atoms with Crippen molar-refractivity contribution in [3.05, 3.63) is 28.8 Å². The van der Waals surface area contributed by atoms with Crippen molar-refractivity contribution in [2.75, 3.05) is 0 Å². The molecule has 0 bridgehead atoms. The lowest BCUT2D eigenvalue weighted by molar-refractivity contribution is 0.474. The van der Waals surface area contributed by atoms with Crippen LogP contribution in [-0.2, 0) is 0 Å². The average Bonchev–Trinajstić information content (AvgIpc) is 2.23. The van der Waals surface area contributed by atoms with Crippen LogP contribution < -0.4 is 16.7 Å². The highest BCUT2D eigenvalue weighted by atomic mass is 35.5. The van der Waals surface area contributed by atoms with Crippen molar-refractivity contribution in [1.82, 2.24) is 10.9 Å². The fourth-order valence-electron chi connectivity index (χ4n) is 0.821. The number of hydrogen-bond acceptors (Lipinski definition) is 4. The maximum Gasteiger partial charge on any atom is 0.201 e. The van der Waals surface area contributed by atoms with E-state index >= 15 is 0 Å². The molecule has 5 N–H and O–H groups in total. The maximum atomic E-state index is 9.41. The first-order valence-corrected chi connectivity index (χ1v) is 4.70. The van der Waals surface area contributed by atoms with Gasteiger partial charge in [-0.2, -0.15) is 5.10 Å².